The third-order valence-electron chi connectivity index (χ3n) is 4.23. The first-order chi connectivity index (χ1) is 13.2. The highest BCUT2D eigenvalue weighted by Gasteiger charge is 2.24. The summed E-state index contributed by atoms with van der Waals surface area (Å²) in [4.78, 5) is 13.2. The fourth-order valence-corrected chi connectivity index (χ4v) is 2.81. The van der Waals surface area contributed by atoms with Crippen molar-refractivity contribution in [3.8, 4) is 11.5 Å². The van der Waals surface area contributed by atoms with Crippen LogP contribution in [-0.4, -0.2) is 20.0 Å². The minimum Gasteiger partial charge on any atom is -0.497 e. The van der Waals surface area contributed by atoms with Crippen LogP contribution in [-0.2, 0) is 11.3 Å². The van der Waals surface area contributed by atoms with Crippen LogP contribution >= 0.6 is 0 Å². The quantitative estimate of drug-likeness (QED) is 0.538. The Bertz CT molecular complexity index is 853. The summed E-state index contributed by atoms with van der Waals surface area (Å²) in [5.74, 6) is 1.11. The first kappa shape index (κ1) is 18.7. The van der Waals surface area contributed by atoms with E-state index in [1.165, 1.54) is 0 Å². The monoisotopic (exact) mass is 362 g/mol. The van der Waals surface area contributed by atoms with Crippen molar-refractivity contribution in [3.05, 3.63) is 95.6 Å². The van der Waals surface area contributed by atoms with Crippen LogP contribution in [0.2, 0.25) is 0 Å². The highest BCUT2D eigenvalue weighted by atomic mass is 16.5. The van der Waals surface area contributed by atoms with Crippen LogP contribution in [0, 0.1) is 0 Å². The number of carbonyl (C=O) groups excluding carboxylic acids is 1. The van der Waals surface area contributed by atoms with E-state index in [4.69, 9.17) is 14.2 Å². The molecule has 4 nitrogen and oxygen atoms in total. The largest absolute Gasteiger partial charge is 0.497 e. The molecular weight excluding hydrogens is 340 g/mol. The second-order valence-electron chi connectivity index (χ2n) is 6.05. The molecule has 0 aromatic heterocycles. The van der Waals surface area contributed by atoms with Gasteiger partial charge in [0, 0.05) is 11.6 Å². The molecule has 3 rings (SSSR count). The Labute approximate surface area is 159 Å². The molecule has 0 heterocycles. The molecule has 3 aromatic rings. The second kappa shape index (κ2) is 9.01. The molecule has 0 bridgehead atoms. The Morgan fingerprint density at radius 3 is 1.93 bits per heavy atom. The van der Waals surface area contributed by atoms with Gasteiger partial charge in [0.2, 0.25) is 0 Å². The van der Waals surface area contributed by atoms with E-state index in [-0.39, 0.29) is 5.78 Å². The lowest BCUT2D eigenvalue weighted by molar-refractivity contribution is 0.0332. The predicted molar refractivity (Wildman–Crippen MR) is 104 cm³/mol. The third kappa shape index (κ3) is 4.74. The summed E-state index contributed by atoms with van der Waals surface area (Å²) in [6, 6.07) is 24.3. The van der Waals surface area contributed by atoms with Crippen LogP contribution in [0.3, 0.4) is 0 Å². The van der Waals surface area contributed by atoms with E-state index in [1.54, 1.807) is 44.6 Å². The molecule has 0 saturated carbocycles. The van der Waals surface area contributed by atoms with E-state index in [0.717, 1.165) is 5.56 Å². The number of carbonyl (C=O) groups is 1. The molecule has 3 aromatic carbocycles. The van der Waals surface area contributed by atoms with Gasteiger partial charge in [-0.05, 0) is 23.3 Å². The van der Waals surface area contributed by atoms with Crippen molar-refractivity contribution in [2.24, 2.45) is 0 Å². The number of rotatable bonds is 8. The number of Topliss-reactive ketones (excluding diaryl/α,β-unsaturated/α-hetero) is 1. The van der Waals surface area contributed by atoms with E-state index in [0.29, 0.717) is 29.2 Å². The number of hydrogen-bond acceptors (Lipinski definition) is 4. The fourth-order valence-electron chi connectivity index (χ4n) is 2.81. The minimum atomic E-state index is -0.767. The Hall–Kier alpha value is -3.11. The van der Waals surface area contributed by atoms with Crippen LogP contribution in [0.4, 0.5) is 0 Å². The fraction of sp³-hybridized carbons (Fsp3) is 0.174. The van der Waals surface area contributed by atoms with Crippen molar-refractivity contribution in [3.63, 3.8) is 0 Å². The normalized spacial score (nSPS) is 11.6. The molecule has 4 heteroatoms. The Morgan fingerprint density at radius 2 is 1.37 bits per heavy atom. The average Bonchev–Trinajstić information content (AvgIpc) is 2.74. The molecule has 0 saturated heterocycles. The van der Waals surface area contributed by atoms with E-state index in [9.17, 15) is 4.79 Å². The summed E-state index contributed by atoms with van der Waals surface area (Å²) < 4.78 is 16.8. The van der Waals surface area contributed by atoms with Crippen molar-refractivity contribution < 1.29 is 19.0 Å². The van der Waals surface area contributed by atoms with E-state index >= 15 is 0 Å². The number of hydrogen-bond donors (Lipinski definition) is 0. The van der Waals surface area contributed by atoms with E-state index in [1.807, 2.05) is 48.5 Å². The minimum absolute atomic E-state index is 0.109. The summed E-state index contributed by atoms with van der Waals surface area (Å²) in [5, 5.41) is 0. The SMILES string of the molecule is COc1cc(OC)cc(C(OCc2ccccc2)C(=O)c2ccccc2)c1. The van der Waals surface area contributed by atoms with Gasteiger partial charge in [0.15, 0.2) is 5.78 Å². The van der Waals surface area contributed by atoms with Crippen molar-refractivity contribution in [2.75, 3.05) is 14.2 Å². The molecule has 1 atom stereocenters. The molecule has 0 aliphatic heterocycles. The van der Waals surface area contributed by atoms with Crippen LogP contribution in [0.1, 0.15) is 27.6 Å². The van der Waals surface area contributed by atoms with Crippen LogP contribution < -0.4 is 9.47 Å². The maximum Gasteiger partial charge on any atom is 0.196 e. The first-order valence-electron chi connectivity index (χ1n) is 8.69. The Balaban J connectivity index is 1.95. The van der Waals surface area contributed by atoms with Gasteiger partial charge in [0.1, 0.15) is 17.6 Å². The molecule has 138 valence electrons. The lowest BCUT2D eigenvalue weighted by atomic mass is 9.99. The standard InChI is InChI=1S/C23H22O4/c1-25-20-13-19(14-21(15-20)26-2)23(22(24)18-11-7-4-8-12-18)27-16-17-9-5-3-6-10-17/h3-15,23H,16H2,1-2H3. The highest BCUT2D eigenvalue weighted by molar-refractivity contribution is 6.00. The van der Waals surface area contributed by atoms with E-state index in [2.05, 4.69) is 0 Å². The summed E-state index contributed by atoms with van der Waals surface area (Å²) in [5.41, 5.74) is 2.28. The molecule has 0 spiro atoms. The van der Waals surface area contributed by atoms with E-state index < -0.39 is 6.10 Å². The van der Waals surface area contributed by atoms with Crippen LogP contribution in [0.25, 0.3) is 0 Å². The maximum atomic E-state index is 13.2. The van der Waals surface area contributed by atoms with Crippen molar-refractivity contribution in [2.45, 2.75) is 12.7 Å². The first-order valence-corrected chi connectivity index (χ1v) is 8.69. The van der Waals surface area contributed by atoms with Gasteiger partial charge < -0.3 is 14.2 Å². The third-order valence-corrected chi connectivity index (χ3v) is 4.23. The summed E-state index contributed by atoms with van der Waals surface area (Å²) in [6.45, 7) is 0.323. The average molecular weight is 362 g/mol. The van der Waals surface area contributed by atoms with Gasteiger partial charge in [-0.3, -0.25) is 4.79 Å². The van der Waals surface area contributed by atoms with Gasteiger partial charge in [0.25, 0.3) is 0 Å². The molecule has 0 fully saturated rings. The molecule has 0 aliphatic carbocycles. The number of benzene rings is 3. The van der Waals surface area contributed by atoms with Gasteiger partial charge >= 0.3 is 0 Å². The summed E-state index contributed by atoms with van der Waals surface area (Å²) in [7, 11) is 3.16. The summed E-state index contributed by atoms with van der Waals surface area (Å²) in [6.07, 6.45) is -0.767. The van der Waals surface area contributed by atoms with Crippen molar-refractivity contribution >= 4 is 5.78 Å². The zero-order chi connectivity index (χ0) is 19.1. The van der Waals surface area contributed by atoms with Crippen LogP contribution in [0.5, 0.6) is 11.5 Å². The lowest BCUT2D eigenvalue weighted by Crippen LogP contribution is -2.17. The van der Waals surface area contributed by atoms with Gasteiger partial charge in [-0.2, -0.15) is 0 Å². The van der Waals surface area contributed by atoms with Crippen molar-refractivity contribution in [1.29, 1.82) is 0 Å². The Kier molecular flexibility index (Phi) is 6.23. The second-order valence-corrected chi connectivity index (χ2v) is 6.05. The molecule has 0 N–H and O–H groups in total. The molecule has 27 heavy (non-hydrogen) atoms. The smallest absolute Gasteiger partial charge is 0.196 e. The van der Waals surface area contributed by atoms with Gasteiger partial charge in [-0.15, -0.1) is 0 Å². The molecule has 1 unspecified atom stereocenters. The lowest BCUT2D eigenvalue weighted by Gasteiger charge is -2.19. The maximum absolute atomic E-state index is 13.2. The number of methoxy groups -OCH3 is 2. The predicted octanol–water partition coefficient (Wildman–Crippen LogP) is 4.84. The zero-order valence-electron chi connectivity index (χ0n) is 15.4. The molecule has 0 radical (unpaired) electrons. The van der Waals surface area contributed by atoms with Gasteiger partial charge in [-0.1, -0.05) is 60.7 Å². The zero-order valence-corrected chi connectivity index (χ0v) is 15.4. The number of ether oxygens (including phenoxy) is 3. The molecular formula is C23H22O4. The molecule has 0 aliphatic rings. The van der Waals surface area contributed by atoms with Crippen molar-refractivity contribution in [1.82, 2.24) is 0 Å². The van der Waals surface area contributed by atoms with Gasteiger partial charge in [-0.25, -0.2) is 0 Å². The number of ketones is 1. The summed E-state index contributed by atoms with van der Waals surface area (Å²) >= 11 is 0. The molecule has 0 amide bonds. The van der Waals surface area contributed by atoms with Gasteiger partial charge in [0.05, 0.1) is 20.8 Å². The van der Waals surface area contributed by atoms with Crippen LogP contribution in [0.15, 0.2) is 78.9 Å². The highest BCUT2D eigenvalue weighted by Crippen LogP contribution is 2.31. The topological polar surface area (TPSA) is 44.8 Å². The Morgan fingerprint density at radius 1 is 0.815 bits per heavy atom.